The molecule has 3 heteroatoms. The van der Waals surface area contributed by atoms with Crippen molar-refractivity contribution in [2.45, 2.75) is 32.4 Å². The van der Waals surface area contributed by atoms with Crippen LogP contribution in [0, 0.1) is 22.7 Å². The predicted octanol–water partition coefficient (Wildman–Crippen LogP) is 4.87. The summed E-state index contributed by atoms with van der Waals surface area (Å²) in [7, 11) is 0. The van der Waals surface area contributed by atoms with Crippen molar-refractivity contribution in [2.75, 3.05) is 10.8 Å². The van der Waals surface area contributed by atoms with Crippen molar-refractivity contribution in [3.8, 4) is 6.07 Å². The monoisotopic (exact) mass is 291 g/mol. The molecule has 0 radical (unpaired) electrons. The van der Waals surface area contributed by atoms with Gasteiger partial charge < -0.3 is 0 Å². The van der Waals surface area contributed by atoms with E-state index in [9.17, 15) is 0 Å². The fourth-order valence-electron chi connectivity index (χ4n) is 2.83. The SMILES string of the molecule is CC(C)(C)C1CSCSC1(C)c1ccc(C#N)cc1. The summed E-state index contributed by atoms with van der Waals surface area (Å²) in [5.41, 5.74) is 2.40. The van der Waals surface area contributed by atoms with Crippen LogP contribution >= 0.6 is 23.5 Å². The van der Waals surface area contributed by atoms with Crippen molar-refractivity contribution in [1.82, 2.24) is 0 Å². The summed E-state index contributed by atoms with van der Waals surface area (Å²) in [6, 6.07) is 10.4. The summed E-state index contributed by atoms with van der Waals surface area (Å²) < 4.78 is 0.150. The van der Waals surface area contributed by atoms with Crippen LogP contribution in [0.3, 0.4) is 0 Å². The van der Waals surface area contributed by atoms with E-state index >= 15 is 0 Å². The highest BCUT2D eigenvalue weighted by atomic mass is 32.2. The molecule has 0 aromatic heterocycles. The van der Waals surface area contributed by atoms with Crippen LogP contribution in [0.5, 0.6) is 0 Å². The Morgan fingerprint density at radius 1 is 1.26 bits per heavy atom. The quantitative estimate of drug-likeness (QED) is 0.737. The number of hydrogen-bond donors (Lipinski definition) is 0. The number of thioether (sulfide) groups is 2. The Morgan fingerprint density at radius 3 is 2.42 bits per heavy atom. The molecule has 0 bridgehead atoms. The molecule has 102 valence electrons. The number of benzene rings is 1. The van der Waals surface area contributed by atoms with Gasteiger partial charge in [-0.25, -0.2) is 0 Å². The summed E-state index contributed by atoms with van der Waals surface area (Å²) in [5.74, 6) is 1.85. The summed E-state index contributed by atoms with van der Waals surface area (Å²) in [6.45, 7) is 9.39. The van der Waals surface area contributed by atoms with Gasteiger partial charge in [-0.1, -0.05) is 32.9 Å². The van der Waals surface area contributed by atoms with Crippen LogP contribution < -0.4 is 0 Å². The van der Waals surface area contributed by atoms with Gasteiger partial charge in [0.1, 0.15) is 0 Å². The Kier molecular flexibility index (Phi) is 4.23. The molecule has 1 saturated heterocycles. The van der Waals surface area contributed by atoms with Crippen molar-refractivity contribution in [1.29, 1.82) is 5.26 Å². The maximum absolute atomic E-state index is 8.93. The lowest BCUT2D eigenvalue weighted by atomic mass is 9.72. The van der Waals surface area contributed by atoms with Crippen molar-refractivity contribution in [3.05, 3.63) is 35.4 Å². The number of nitriles is 1. The molecule has 19 heavy (non-hydrogen) atoms. The maximum Gasteiger partial charge on any atom is 0.0991 e. The minimum atomic E-state index is 0.150. The minimum absolute atomic E-state index is 0.150. The first-order chi connectivity index (χ1) is 8.88. The van der Waals surface area contributed by atoms with E-state index in [1.54, 1.807) is 0 Å². The Morgan fingerprint density at radius 2 is 1.89 bits per heavy atom. The molecule has 1 aliphatic rings. The normalized spacial score (nSPS) is 27.8. The van der Waals surface area contributed by atoms with Crippen LogP contribution in [-0.4, -0.2) is 10.8 Å². The van der Waals surface area contributed by atoms with Gasteiger partial charge in [-0.15, -0.1) is 11.8 Å². The molecular weight excluding hydrogens is 270 g/mol. The summed E-state index contributed by atoms with van der Waals surface area (Å²) >= 11 is 4.09. The maximum atomic E-state index is 8.93. The average Bonchev–Trinajstić information content (AvgIpc) is 2.38. The summed E-state index contributed by atoms with van der Waals surface area (Å²) in [6.07, 6.45) is 0. The molecule has 1 aromatic rings. The Hall–Kier alpha value is -0.590. The van der Waals surface area contributed by atoms with Crippen LogP contribution in [0.2, 0.25) is 0 Å². The molecule has 0 amide bonds. The standard InChI is InChI=1S/C16H21NS2/c1-15(2,3)14-10-18-11-19-16(14,4)13-7-5-12(9-17)6-8-13/h5-8,14H,10-11H2,1-4H3. The van der Waals surface area contributed by atoms with Crippen molar-refractivity contribution in [2.24, 2.45) is 11.3 Å². The molecule has 0 N–H and O–H groups in total. The third-order valence-electron chi connectivity index (χ3n) is 4.02. The van der Waals surface area contributed by atoms with E-state index in [1.807, 2.05) is 35.7 Å². The van der Waals surface area contributed by atoms with E-state index in [-0.39, 0.29) is 4.75 Å². The molecule has 1 fully saturated rings. The fraction of sp³-hybridized carbons (Fsp3) is 0.562. The summed E-state index contributed by atoms with van der Waals surface area (Å²) in [4.78, 5) is 0. The van der Waals surface area contributed by atoms with Crippen molar-refractivity contribution >= 4 is 23.5 Å². The highest BCUT2D eigenvalue weighted by Crippen LogP contribution is 2.54. The van der Waals surface area contributed by atoms with Crippen LogP contribution in [-0.2, 0) is 4.75 Å². The van der Waals surface area contributed by atoms with Gasteiger partial charge in [-0.05, 0) is 41.7 Å². The van der Waals surface area contributed by atoms with Crippen molar-refractivity contribution < 1.29 is 0 Å². The number of nitrogens with zero attached hydrogens (tertiary/aromatic N) is 1. The zero-order chi connectivity index (χ0) is 14.1. The van der Waals surface area contributed by atoms with Crippen LogP contribution in [0.25, 0.3) is 0 Å². The van der Waals surface area contributed by atoms with Crippen molar-refractivity contribution in [3.63, 3.8) is 0 Å². The molecule has 1 aliphatic heterocycles. The zero-order valence-corrected chi connectivity index (χ0v) is 13.7. The highest BCUT2D eigenvalue weighted by molar-refractivity contribution is 8.17. The van der Waals surface area contributed by atoms with Gasteiger partial charge in [0, 0.05) is 9.83 Å². The second-order valence-corrected chi connectivity index (χ2v) is 9.17. The second-order valence-electron chi connectivity index (χ2n) is 6.35. The molecule has 0 spiro atoms. The second kappa shape index (κ2) is 5.42. The van der Waals surface area contributed by atoms with E-state index in [2.05, 4.69) is 45.9 Å². The number of rotatable bonds is 1. The summed E-state index contributed by atoms with van der Waals surface area (Å²) in [5, 5.41) is 10.1. The Bertz CT molecular complexity index is 481. The molecule has 0 aliphatic carbocycles. The van der Waals surface area contributed by atoms with E-state index in [0.717, 1.165) is 10.6 Å². The first kappa shape index (κ1) is 14.8. The van der Waals surface area contributed by atoms with Gasteiger partial charge >= 0.3 is 0 Å². The van der Waals surface area contributed by atoms with Gasteiger partial charge in [0.2, 0.25) is 0 Å². The third kappa shape index (κ3) is 2.95. The van der Waals surface area contributed by atoms with Gasteiger partial charge in [0.05, 0.1) is 11.6 Å². The first-order valence-electron chi connectivity index (χ1n) is 6.60. The lowest BCUT2D eigenvalue weighted by molar-refractivity contribution is 0.214. The third-order valence-corrected chi connectivity index (χ3v) is 6.85. The van der Waals surface area contributed by atoms with E-state index < -0.39 is 0 Å². The molecule has 0 saturated carbocycles. The Labute approximate surface area is 125 Å². The van der Waals surface area contributed by atoms with Gasteiger partial charge in [-0.2, -0.15) is 17.0 Å². The smallest absolute Gasteiger partial charge is 0.0991 e. The first-order valence-corrected chi connectivity index (χ1v) is 8.74. The molecule has 2 rings (SSSR count). The number of hydrogen-bond acceptors (Lipinski definition) is 3. The van der Waals surface area contributed by atoms with Crippen LogP contribution in [0.1, 0.15) is 38.8 Å². The predicted molar refractivity (Wildman–Crippen MR) is 86.4 cm³/mol. The van der Waals surface area contributed by atoms with E-state index in [1.165, 1.54) is 11.3 Å². The van der Waals surface area contributed by atoms with Gasteiger partial charge in [0.25, 0.3) is 0 Å². The van der Waals surface area contributed by atoms with Crippen LogP contribution in [0.15, 0.2) is 24.3 Å². The van der Waals surface area contributed by atoms with Crippen LogP contribution in [0.4, 0.5) is 0 Å². The largest absolute Gasteiger partial charge is 0.192 e. The van der Waals surface area contributed by atoms with Gasteiger partial charge in [0.15, 0.2) is 0 Å². The minimum Gasteiger partial charge on any atom is -0.192 e. The Balaban J connectivity index is 2.39. The van der Waals surface area contributed by atoms with E-state index in [0.29, 0.717) is 11.3 Å². The molecule has 1 nitrogen and oxygen atoms in total. The van der Waals surface area contributed by atoms with Gasteiger partial charge in [-0.3, -0.25) is 0 Å². The molecule has 2 unspecified atom stereocenters. The fourth-order valence-corrected chi connectivity index (χ4v) is 6.64. The molecular formula is C16H21NS2. The molecule has 1 heterocycles. The highest BCUT2D eigenvalue weighted by Gasteiger charge is 2.44. The zero-order valence-electron chi connectivity index (χ0n) is 12.1. The van der Waals surface area contributed by atoms with E-state index in [4.69, 9.17) is 5.26 Å². The molecule has 2 atom stereocenters. The topological polar surface area (TPSA) is 23.8 Å². The lowest BCUT2D eigenvalue weighted by Gasteiger charge is -2.47. The molecule has 1 aromatic carbocycles. The lowest BCUT2D eigenvalue weighted by Crippen LogP contribution is -2.41. The average molecular weight is 291 g/mol.